The van der Waals surface area contributed by atoms with E-state index in [4.69, 9.17) is 10.8 Å². The van der Waals surface area contributed by atoms with Gasteiger partial charge in [-0.05, 0) is 24.0 Å². The molecule has 1 atom stereocenters. The highest BCUT2D eigenvalue weighted by molar-refractivity contribution is 5.90. The molecular weight excluding hydrogens is 218 g/mol. The van der Waals surface area contributed by atoms with E-state index in [1.807, 2.05) is 20.8 Å². The second-order valence-electron chi connectivity index (χ2n) is 5.34. The number of carboxylic acid groups (broad SMARTS) is 1. The van der Waals surface area contributed by atoms with Crippen LogP contribution in [0.4, 0.5) is 0 Å². The standard InChI is InChI=1S/C13H19NO3/c1-7-5-6-8(12(16)17)9(10(7)15)11(14)13(2,3)4/h5-6,11,15H,14H2,1-4H3,(H,16,17)/t11-/m1/s1. The minimum Gasteiger partial charge on any atom is -0.507 e. The fraction of sp³-hybridized carbons (Fsp3) is 0.462. The van der Waals surface area contributed by atoms with Crippen molar-refractivity contribution in [3.63, 3.8) is 0 Å². The van der Waals surface area contributed by atoms with Gasteiger partial charge in [0.25, 0.3) is 0 Å². The fourth-order valence-electron chi connectivity index (χ4n) is 1.65. The van der Waals surface area contributed by atoms with Gasteiger partial charge in [-0.2, -0.15) is 0 Å². The molecule has 0 radical (unpaired) electrons. The molecular formula is C13H19NO3. The molecule has 0 aliphatic rings. The number of rotatable bonds is 2. The average Bonchev–Trinajstić information content (AvgIpc) is 2.19. The maximum absolute atomic E-state index is 11.2. The highest BCUT2D eigenvalue weighted by Crippen LogP contribution is 2.38. The lowest BCUT2D eigenvalue weighted by Crippen LogP contribution is -2.28. The maximum atomic E-state index is 11.2. The van der Waals surface area contributed by atoms with Gasteiger partial charge in [0.1, 0.15) is 5.75 Å². The third-order valence-corrected chi connectivity index (χ3v) is 2.89. The molecule has 0 aromatic heterocycles. The Morgan fingerprint density at radius 3 is 2.29 bits per heavy atom. The number of nitrogens with two attached hydrogens (primary N) is 1. The molecule has 17 heavy (non-hydrogen) atoms. The SMILES string of the molecule is Cc1ccc(C(=O)O)c([C@@H](N)C(C)(C)C)c1O. The molecule has 0 aliphatic carbocycles. The Hall–Kier alpha value is -1.55. The summed E-state index contributed by atoms with van der Waals surface area (Å²) in [6.07, 6.45) is 0. The fourth-order valence-corrected chi connectivity index (χ4v) is 1.65. The first kappa shape index (κ1) is 13.5. The van der Waals surface area contributed by atoms with Crippen LogP contribution in [0.2, 0.25) is 0 Å². The second kappa shape index (κ2) is 4.37. The van der Waals surface area contributed by atoms with Crippen molar-refractivity contribution in [1.29, 1.82) is 0 Å². The van der Waals surface area contributed by atoms with Crippen molar-refractivity contribution in [2.45, 2.75) is 33.7 Å². The van der Waals surface area contributed by atoms with Crippen LogP contribution in [-0.4, -0.2) is 16.2 Å². The number of aromatic carboxylic acids is 1. The Morgan fingerprint density at radius 1 is 1.35 bits per heavy atom. The molecule has 4 N–H and O–H groups in total. The molecule has 1 aromatic carbocycles. The van der Waals surface area contributed by atoms with Crippen LogP contribution in [0.1, 0.15) is 48.3 Å². The van der Waals surface area contributed by atoms with Crippen LogP contribution in [-0.2, 0) is 0 Å². The Balaban J connectivity index is 3.49. The van der Waals surface area contributed by atoms with E-state index in [-0.39, 0.29) is 16.7 Å². The maximum Gasteiger partial charge on any atom is 0.336 e. The third kappa shape index (κ3) is 2.58. The molecule has 1 rings (SSSR count). The molecule has 4 heteroatoms. The highest BCUT2D eigenvalue weighted by atomic mass is 16.4. The number of aromatic hydroxyl groups is 1. The van der Waals surface area contributed by atoms with E-state index < -0.39 is 12.0 Å². The van der Waals surface area contributed by atoms with Crippen LogP contribution >= 0.6 is 0 Å². The van der Waals surface area contributed by atoms with Crippen LogP contribution in [0.5, 0.6) is 5.75 Å². The lowest BCUT2D eigenvalue weighted by Gasteiger charge is -2.29. The predicted octanol–water partition coefficient (Wildman–Crippen LogP) is 2.44. The number of hydrogen-bond donors (Lipinski definition) is 3. The molecule has 0 bridgehead atoms. The van der Waals surface area contributed by atoms with Crippen LogP contribution in [0.15, 0.2) is 12.1 Å². The topological polar surface area (TPSA) is 83.5 Å². The van der Waals surface area contributed by atoms with E-state index in [0.717, 1.165) is 0 Å². The Morgan fingerprint density at radius 2 is 1.88 bits per heavy atom. The Labute approximate surface area is 101 Å². The van der Waals surface area contributed by atoms with Crippen LogP contribution < -0.4 is 5.73 Å². The number of hydrogen-bond acceptors (Lipinski definition) is 3. The molecule has 0 amide bonds. The summed E-state index contributed by atoms with van der Waals surface area (Å²) in [5.41, 5.74) is 6.74. The number of carboxylic acids is 1. The zero-order chi connectivity index (χ0) is 13.4. The van der Waals surface area contributed by atoms with Gasteiger partial charge in [-0.15, -0.1) is 0 Å². The van der Waals surface area contributed by atoms with Gasteiger partial charge in [-0.3, -0.25) is 0 Å². The second-order valence-corrected chi connectivity index (χ2v) is 5.34. The monoisotopic (exact) mass is 237 g/mol. The summed E-state index contributed by atoms with van der Waals surface area (Å²) in [6, 6.07) is 2.53. The minimum absolute atomic E-state index is 0.0210. The van der Waals surface area contributed by atoms with Gasteiger partial charge >= 0.3 is 5.97 Å². The molecule has 1 aromatic rings. The van der Waals surface area contributed by atoms with Gasteiger partial charge in [0.15, 0.2) is 0 Å². The Kier molecular flexibility index (Phi) is 3.48. The quantitative estimate of drug-likeness (QED) is 0.737. The van der Waals surface area contributed by atoms with Crippen molar-refractivity contribution < 1.29 is 15.0 Å². The molecule has 94 valence electrons. The van der Waals surface area contributed by atoms with Crippen molar-refractivity contribution in [2.24, 2.45) is 11.1 Å². The first-order chi connectivity index (χ1) is 7.66. The molecule has 4 nitrogen and oxygen atoms in total. The first-order valence-corrected chi connectivity index (χ1v) is 5.47. The minimum atomic E-state index is -1.07. The third-order valence-electron chi connectivity index (χ3n) is 2.89. The van der Waals surface area contributed by atoms with Crippen molar-refractivity contribution in [3.05, 3.63) is 28.8 Å². The van der Waals surface area contributed by atoms with Gasteiger partial charge < -0.3 is 15.9 Å². The molecule has 0 heterocycles. The normalized spacial score (nSPS) is 13.5. The summed E-state index contributed by atoms with van der Waals surface area (Å²) in [7, 11) is 0. The first-order valence-electron chi connectivity index (χ1n) is 5.47. The molecule has 0 unspecified atom stereocenters. The van der Waals surface area contributed by atoms with Crippen LogP contribution in [0, 0.1) is 12.3 Å². The lowest BCUT2D eigenvalue weighted by molar-refractivity contribution is 0.0693. The van der Waals surface area contributed by atoms with Crippen LogP contribution in [0.3, 0.4) is 0 Å². The summed E-state index contributed by atoms with van der Waals surface area (Å²) >= 11 is 0. The lowest BCUT2D eigenvalue weighted by atomic mass is 9.80. The van der Waals surface area contributed by atoms with Crippen molar-refractivity contribution in [3.8, 4) is 5.75 Å². The van der Waals surface area contributed by atoms with Crippen molar-refractivity contribution in [2.75, 3.05) is 0 Å². The average molecular weight is 237 g/mol. The molecule has 0 saturated carbocycles. The van der Waals surface area contributed by atoms with Crippen molar-refractivity contribution in [1.82, 2.24) is 0 Å². The van der Waals surface area contributed by atoms with E-state index in [2.05, 4.69) is 0 Å². The number of carbonyl (C=O) groups is 1. The zero-order valence-electron chi connectivity index (χ0n) is 10.6. The van der Waals surface area contributed by atoms with Gasteiger partial charge in [-0.1, -0.05) is 26.8 Å². The molecule has 0 saturated heterocycles. The van der Waals surface area contributed by atoms with E-state index in [1.54, 1.807) is 13.0 Å². The van der Waals surface area contributed by atoms with E-state index in [9.17, 15) is 9.90 Å². The molecule has 0 fully saturated rings. The predicted molar refractivity (Wildman–Crippen MR) is 66.2 cm³/mol. The summed E-state index contributed by atoms with van der Waals surface area (Å²) in [5, 5.41) is 19.1. The molecule has 0 aliphatic heterocycles. The summed E-state index contributed by atoms with van der Waals surface area (Å²) < 4.78 is 0. The van der Waals surface area contributed by atoms with Gasteiger partial charge in [0, 0.05) is 11.6 Å². The van der Waals surface area contributed by atoms with E-state index in [1.165, 1.54) is 6.07 Å². The number of benzene rings is 1. The smallest absolute Gasteiger partial charge is 0.336 e. The highest BCUT2D eigenvalue weighted by Gasteiger charge is 2.29. The number of phenolic OH excluding ortho intramolecular Hbond substituents is 1. The number of aryl methyl sites for hydroxylation is 1. The summed E-state index contributed by atoms with van der Waals surface area (Å²) in [6.45, 7) is 7.45. The van der Waals surface area contributed by atoms with E-state index >= 15 is 0 Å². The summed E-state index contributed by atoms with van der Waals surface area (Å²) in [4.78, 5) is 11.2. The van der Waals surface area contributed by atoms with Crippen LogP contribution in [0.25, 0.3) is 0 Å². The number of phenols is 1. The van der Waals surface area contributed by atoms with Crippen molar-refractivity contribution >= 4 is 5.97 Å². The van der Waals surface area contributed by atoms with Gasteiger partial charge in [0.2, 0.25) is 0 Å². The Bertz CT molecular complexity index is 447. The van der Waals surface area contributed by atoms with Gasteiger partial charge in [0.05, 0.1) is 5.56 Å². The molecule has 0 spiro atoms. The largest absolute Gasteiger partial charge is 0.507 e. The summed E-state index contributed by atoms with van der Waals surface area (Å²) in [5.74, 6) is -1.10. The van der Waals surface area contributed by atoms with E-state index in [0.29, 0.717) is 11.1 Å². The van der Waals surface area contributed by atoms with Gasteiger partial charge in [-0.25, -0.2) is 4.79 Å². The zero-order valence-corrected chi connectivity index (χ0v) is 10.6.